The number of aryl methyl sites for hydroxylation is 1. The number of rotatable bonds is 3. The van der Waals surface area contributed by atoms with Gasteiger partial charge in [0.1, 0.15) is 11.6 Å². The van der Waals surface area contributed by atoms with Crippen LogP contribution in [0.25, 0.3) is 0 Å². The number of nitrogens with zero attached hydrogens (tertiary/aromatic N) is 5. The monoisotopic (exact) mass is 389 g/mol. The van der Waals surface area contributed by atoms with Gasteiger partial charge in [0, 0.05) is 37.9 Å². The first-order chi connectivity index (χ1) is 14.2. The standard InChI is InChI=1S/C23H27N5O/c1-17-25-9-8-22(26-17)27-10-11-29-23(16-27)12-20-6-7-21(13-23)28(20)15-19-5-3-2-4-18(19)14-24/h2-5,8-9,20-21H,6-7,10-13,15-16H2,1H3/t20-,21+,23?. The number of piperidine rings is 1. The molecule has 3 fully saturated rings. The molecule has 0 radical (unpaired) electrons. The van der Waals surface area contributed by atoms with E-state index in [4.69, 9.17) is 4.74 Å². The first-order valence-corrected chi connectivity index (χ1v) is 10.6. The second-order valence-corrected chi connectivity index (χ2v) is 8.65. The Balaban J connectivity index is 1.33. The Morgan fingerprint density at radius 2 is 2.00 bits per heavy atom. The highest BCUT2D eigenvalue weighted by atomic mass is 16.5. The van der Waals surface area contributed by atoms with E-state index in [0.29, 0.717) is 12.1 Å². The van der Waals surface area contributed by atoms with Gasteiger partial charge in [0.15, 0.2) is 0 Å². The van der Waals surface area contributed by atoms with E-state index in [-0.39, 0.29) is 5.60 Å². The average Bonchev–Trinajstić information content (AvgIpc) is 2.98. The number of benzene rings is 1. The van der Waals surface area contributed by atoms with Crippen molar-refractivity contribution in [2.75, 3.05) is 24.6 Å². The van der Waals surface area contributed by atoms with Gasteiger partial charge in [-0.3, -0.25) is 4.90 Å². The van der Waals surface area contributed by atoms with Crippen molar-refractivity contribution in [1.82, 2.24) is 14.9 Å². The maximum Gasteiger partial charge on any atom is 0.132 e. The molecule has 4 heterocycles. The summed E-state index contributed by atoms with van der Waals surface area (Å²) in [6.07, 6.45) is 6.39. The van der Waals surface area contributed by atoms with Gasteiger partial charge in [-0.25, -0.2) is 9.97 Å². The molecule has 2 aromatic rings. The number of hydrogen-bond donors (Lipinski definition) is 0. The second-order valence-electron chi connectivity index (χ2n) is 8.65. The maximum absolute atomic E-state index is 9.45. The predicted octanol–water partition coefficient (Wildman–Crippen LogP) is 3.06. The van der Waals surface area contributed by atoms with E-state index in [1.807, 2.05) is 37.4 Å². The van der Waals surface area contributed by atoms with Crippen molar-refractivity contribution in [2.45, 2.75) is 56.8 Å². The molecule has 0 aliphatic carbocycles. The number of aromatic nitrogens is 2. The fraction of sp³-hybridized carbons (Fsp3) is 0.522. The van der Waals surface area contributed by atoms with Crippen LogP contribution in [-0.2, 0) is 11.3 Å². The van der Waals surface area contributed by atoms with Crippen LogP contribution < -0.4 is 4.90 Å². The lowest BCUT2D eigenvalue weighted by Crippen LogP contribution is -2.60. The zero-order valence-corrected chi connectivity index (χ0v) is 16.9. The van der Waals surface area contributed by atoms with Crippen LogP contribution in [0.5, 0.6) is 0 Å². The van der Waals surface area contributed by atoms with Crippen LogP contribution in [0.1, 0.15) is 42.6 Å². The van der Waals surface area contributed by atoms with E-state index >= 15 is 0 Å². The number of ether oxygens (including phenoxy) is 1. The zero-order valence-electron chi connectivity index (χ0n) is 16.9. The number of anilines is 1. The summed E-state index contributed by atoms with van der Waals surface area (Å²) in [7, 11) is 0. The molecule has 0 amide bonds. The third-order valence-corrected chi connectivity index (χ3v) is 6.81. The summed E-state index contributed by atoms with van der Waals surface area (Å²) in [5.41, 5.74) is 1.85. The van der Waals surface area contributed by atoms with Crippen LogP contribution >= 0.6 is 0 Å². The fourth-order valence-corrected chi connectivity index (χ4v) is 5.52. The molecule has 0 saturated carbocycles. The molecular formula is C23H27N5O. The van der Waals surface area contributed by atoms with Crippen LogP contribution in [0.4, 0.5) is 5.82 Å². The van der Waals surface area contributed by atoms with Crippen molar-refractivity contribution < 1.29 is 4.74 Å². The smallest absolute Gasteiger partial charge is 0.132 e. The average molecular weight is 390 g/mol. The lowest BCUT2D eigenvalue weighted by molar-refractivity contribution is -0.112. The largest absolute Gasteiger partial charge is 0.371 e. The molecule has 0 N–H and O–H groups in total. The molecule has 3 aliphatic rings. The Morgan fingerprint density at radius 1 is 1.21 bits per heavy atom. The summed E-state index contributed by atoms with van der Waals surface area (Å²) >= 11 is 0. The van der Waals surface area contributed by atoms with Crippen LogP contribution in [0, 0.1) is 18.3 Å². The minimum Gasteiger partial charge on any atom is -0.371 e. The summed E-state index contributed by atoms with van der Waals surface area (Å²) in [6.45, 7) is 5.34. The van der Waals surface area contributed by atoms with Crippen molar-refractivity contribution in [1.29, 1.82) is 5.26 Å². The highest BCUT2D eigenvalue weighted by molar-refractivity contribution is 5.39. The van der Waals surface area contributed by atoms with Crippen molar-refractivity contribution in [3.63, 3.8) is 0 Å². The molecule has 1 spiro atoms. The lowest BCUT2D eigenvalue weighted by atomic mass is 9.84. The van der Waals surface area contributed by atoms with Gasteiger partial charge in [-0.1, -0.05) is 18.2 Å². The van der Waals surface area contributed by atoms with E-state index in [1.54, 1.807) is 0 Å². The van der Waals surface area contributed by atoms with Crippen molar-refractivity contribution in [3.05, 3.63) is 53.5 Å². The SMILES string of the molecule is Cc1nccc(N2CCOC3(C[C@H]4CC[C@@H](C3)N4Cc3ccccc3C#N)C2)n1. The summed E-state index contributed by atoms with van der Waals surface area (Å²) in [4.78, 5) is 13.9. The fourth-order valence-electron chi connectivity index (χ4n) is 5.52. The van der Waals surface area contributed by atoms with Crippen LogP contribution in [0.15, 0.2) is 36.5 Å². The Kier molecular flexibility index (Phi) is 4.73. The molecular weight excluding hydrogens is 362 g/mol. The van der Waals surface area contributed by atoms with Gasteiger partial charge < -0.3 is 9.64 Å². The Morgan fingerprint density at radius 3 is 2.76 bits per heavy atom. The minimum atomic E-state index is -0.0891. The van der Waals surface area contributed by atoms with Crippen LogP contribution in [0.2, 0.25) is 0 Å². The highest BCUT2D eigenvalue weighted by Crippen LogP contribution is 2.45. The predicted molar refractivity (Wildman–Crippen MR) is 110 cm³/mol. The summed E-state index contributed by atoms with van der Waals surface area (Å²) < 4.78 is 6.45. The van der Waals surface area contributed by atoms with E-state index in [0.717, 1.165) is 61.9 Å². The molecule has 1 aromatic heterocycles. The van der Waals surface area contributed by atoms with E-state index in [1.165, 1.54) is 12.8 Å². The quantitative estimate of drug-likeness (QED) is 0.804. The molecule has 3 atom stereocenters. The Bertz CT molecular complexity index is 925. The molecule has 1 aromatic carbocycles. The Hall–Kier alpha value is -2.49. The van der Waals surface area contributed by atoms with E-state index in [9.17, 15) is 5.26 Å². The summed E-state index contributed by atoms with van der Waals surface area (Å²) in [5.74, 6) is 1.83. The Labute approximate surface area is 172 Å². The van der Waals surface area contributed by atoms with E-state index in [2.05, 4.69) is 31.9 Å². The second kappa shape index (κ2) is 7.40. The van der Waals surface area contributed by atoms with Crippen molar-refractivity contribution in [2.24, 2.45) is 0 Å². The normalized spacial score (nSPS) is 29.2. The molecule has 29 heavy (non-hydrogen) atoms. The first kappa shape index (κ1) is 18.5. The van der Waals surface area contributed by atoms with Gasteiger partial charge >= 0.3 is 0 Å². The van der Waals surface area contributed by atoms with Gasteiger partial charge in [0.25, 0.3) is 0 Å². The molecule has 6 heteroatoms. The van der Waals surface area contributed by atoms with Gasteiger partial charge in [-0.2, -0.15) is 5.26 Å². The third-order valence-electron chi connectivity index (χ3n) is 6.81. The number of fused-ring (bicyclic) bond motifs is 2. The summed E-state index contributed by atoms with van der Waals surface area (Å²) in [6, 6.07) is 13.4. The maximum atomic E-state index is 9.45. The number of hydrogen-bond acceptors (Lipinski definition) is 6. The third kappa shape index (κ3) is 3.50. The highest BCUT2D eigenvalue weighted by Gasteiger charge is 2.50. The molecule has 2 bridgehead atoms. The van der Waals surface area contributed by atoms with Gasteiger partial charge in [0.05, 0.1) is 23.8 Å². The minimum absolute atomic E-state index is 0.0891. The van der Waals surface area contributed by atoms with Crippen LogP contribution in [-0.4, -0.2) is 52.2 Å². The van der Waals surface area contributed by atoms with Gasteiger partial charge in [-0.05, 0) is 50.3 Å². The zero-order chi connectivity index (χ0) is 19.8. The number of morpholine rings is 1. The van der Waals surface area contributed by atoms with Gasteiger partial charge in [-0.15, -0.1) is 0 Å². The molecule has 6 nitrogen and oxygen atoms in total. The molecule has 3 aliphatic heterocycles. The summed E-state index contributed by atoms with van der Waals surface area (Å²) in [5, 5.41) is 9.45. The van der Waals surface area contributed by atoms with E-state index < -0.39 is 0 Å². The first-order valence-electron chi connectivity index (χ1n) is 10.6. The molecule has 5 rings (SSSR count). The van der Waals surface area contributed by atoms with Gasteiger partial charge in [0.2, 0.25) is 0 Å². The molecule has 150 valence electrons. The van der Waals surface area contributed by atoms with Crippen LogP contribution in [0.3, 0.4) is 0 Å². The lowest BCUT2D eigenvalue weighted by Gasteiger charge is -2.50. The molecule has 1 unspecified atom stereocenters. The topological polar surface area (TPSA) is 65.3 Å². The van der Waals surface area contributed by atoms with Crippen molar-refractivity contribution in [3.8, 4) is 6.07 Å². The number of nitriles is 1. The van der Waals surface area contributed by atoms with Crippen molar-refractivity contribution >= 4 is 5.82 Å². The molecule has 3 saturated heterocycles.